The van der Waals surface area contributed by atoms with E-state index >= 15 is 0 Å². The first-order valence-corrected chi connectivity index (χ1v) is 18.5. The lowest BCUT2D eigenvalue weighted by atomic mass is 9.96. The van der Waals surface area contributed by atoms with Crippen molar-refractivity contribution < 1.29 is 19.1 Å². The van der Waals surface area contributed by atoms with Crippen LogP contribution in [-0.4, -0.2) is 91.1 Å². The normalized spacial score (nSPS) is 19.6. The van der Waals surface area contributed by atoms with Gasteiger partial charge in [-0.15, -0.1) is 0 Å². The zero-order valence-electron chi connectivity index (χ0n) is 30.7. The Morgan fingerprint density at radius 2 is 1.51 bits per heavy atom. The molecule has 5 heterocycles. The summed E-state index contributed by atoms with van der Waals surface area (Å²) in [6.45, 7) is 7.58. The fourth-order valence-electron chi connectivity index (χ4n) is 7.57. The molecule has 3 N–H and O–H groups in total. The number of aliphatic imine (C=N–C) groups is 1. The van der Waals surface area contributed by atoms with E-state index in [2.05, 4.69) is 88.1 Å². The fraction of sp³-hybridized carbons (Fsp3) is 0.425. The number of rotatable bonds is 11. The van der Waals surface area contributed by atoms with Crippen LogP contribution < -0.4 is 5.32 Å². The molecular weight excluding hydrogens is 670 g/mol. The average molecular weight is 718 g/mol. The summed E-state index contributed by atoms with van der Waals surface area (Å²) in [4.78, 5) is 55.8. The van der Waals surface area contributed by atoms with Crippen molar-refractivity contribution in [2.75, 3.05) is 20.2 Å². The SMILES string of the molecule is COC(=O)N[C@@H](Cc1cn[nH]n1)C(=O)N1CCC[C@H]1C1=NC=C(c2ccc(-c3ccc(-c4cnc([C@@H]5CCCN5C(=O)[C@@H](C)C(C)C)[nH]4)cc3)cc2)C1. The lowest BCUT2D eigenvalue weighted by Crippen LogP contribution is -2.52. The van der Waals surface area contributed by atoms with Crippen molar-refractivity contribution in [3.05, 3.63) is 84.2 Å². The average Bonchev–Trinajstić information content (AvgIpc) is 4.03. The summed E-state index contributed by atoms with van der Waals surface area (Å²) in [6.07, 6.45) is 9.06. The number of hydrogen-bond acceptors (Lipinski definition) is 8. The molecule has 0 bridgehead atoms. The number of likely N-dealkylation sites (tertiary alicyclic amines) is 2. The number of amides is 3. The molecule has 0 spiro atoms. The van der Waals surface area contributed by atoms with Crippen LogP contribution in [0.25, 0.3) is 28.0 Å². The Balaban J connectivity index is 0.971. The van der Waals surface area contributed by atoms with Gasteiger partial charge in [0.05, 0.1) is 43.0 Å². The first kappa shape index (κ1) is 35.8. The van der Waals surface area contributed by atoms with Crippen LogP contribution in [0.15, 0.2) is 72.1 Å². The molecular formula is C40H47N9O4. The summed E-state index contributed by atoms with van der Waals surface area (Å²) in [7, 11) is 1.27. The van der Waals surface area contributed by atoms with Crippen molar-refractivity contribution in [1.82, 2.24) is 40.5 Å². The van der Waals surface area contributed by atoms with Crippen molar-refractivity contribution in [1.29, 1.82) is 0 Å². The third-order valence-corrected chi connectivity index (χ3v) is 11.0. The van der Waals surface area contributed by atoms with Gasteiger partial charge in [-0.3, -0.25) is 14.6 Å². The molecule has 3 amide bonds. The second kappa shape index (κ2) is 15.6. The van der Waals surface area contributed by atoms with Gasteiger partial charge in [0.1, 0.15) is 11.9 Å². The molecule has 7 rings (SSSR count). The van der Waals surface area contributed by atoms with E-state index in [0.29, 0.717) is 24.6 Å². The lowest BCUT2D eigenvalue weighted by Gasteiger charge is -2.29. The number of benzene rings is 2. The van der Waals surface area contributed by atoms with Gasteiger partial charge in [0, 0.05) is 43.8 Å². The highest BCUT2D eigenvalue weighted by molar-refractivity contribution is 6.03. The van der Waals surface area contributed by atoms with E-state index in [4.69, 9.17) is 14.7 Å². The van der Waals surface area contributed by atoms with Gasteiger partial charge in [-0.25, -0.2) is 9.78 Å². The highest BCUT2D eigenvalue weighted by Crippen LogP contribution is 2.35. The molecule has 2 fully saturated rings. The molecule has 4 aromatic rings. The number of nitrogens with zero attached hydrogens (tertiary/aromatic N) is 6. The van der Waals surface area contributed by atoms with Crippen molar-refractivity contribution >= 4 is 29.2 Å². The minimum absolute atomic E-state index is 0.00938. The predicted molar refractivity (Wildman–Crippen MR) is 201 cm³/mol. The van der Waals surface area contributed by atoms with E-state index in [0.717, 1.165) is 77.3 Å². The van der Waals surface area contributed by atoms with Crippen LogP contribution in [0.4, 0.5) is 4.79 Å². The second-order valence-corrected chi connectivity index (χ2v) is 14.6. The van der Waals surface area contributed by atoms with Crippen LogP contribution in [0.3, 0.4) is 0 Å². The number of allylic oxidation sites excluding steroid dienone is 1. The number of hydrogen-bond donors (Lipinski definition) is 3. The minimum atomic E-state index is -0.834. The van der Waals surface area contributed by atoms with Crippen LogP contribution in [-0.2, 0) is 20.7 Å². The summed E-state index contributed by atoms with van der Waals surface area (Å²) in [6, 6.07) is 15.9. The number of alkyl carbamates (subject to hydrolysis) is 1. The van der Waals surface area contributed by atoms with E-state index < -0.39 is 12.1 Å². The van der Waals surface area contributed by atoms with Gasteiger partial charge in [0.2, 0.25) is 11.8 Å². The van der Waals surface area contributed by atoms with Gasteiger partial charge in [-0.1, -0.05) is 69.3 Å². The highest BCUT2D eigenvalue weighted by Gasteiger charge is 2.38. The fourth-order valence-corrected chi connectivity index (χ4v) is 7.57. The molecule has 0 radical (unpaired) electrons. The Morgan fingerprint density at radius 3 is 2.15 bits per heavy atom. The predicted octanol–water partition coefficient (Wildman–Crippen LogP) is 5.96. The van der Waals surface area contributed by atoms with Crippen LogP contribution >= 0.6 is 0 Å². The minimum Gasteiger partial charge on any atom is -0.453 e. The molecule has 13 heteroatoms. The number of imidazole rings is 1. The van der Waals surface area contributed by atoms with E-state index in [9.17, 15) is 14.4 Å². The zero-order chi connectivity index (χ0) is 37.1. The Bertz CT molecular complexity index is 1980. The largest absolute Gasteiger partial charge is 0.453 e. The number of H-pyrrole nitrogens is 2. The Kier molecular flexibility index (Phi) is 10.5. The monoisotopic (exact) mass is 717 g/mol. The standard InChI is InChI=1S/C40H47N9O4/c1-24(2)25(3)38(50)49-18-6-8-36(49)37-42-23-34(44-37)29-15-13-27(14-16-29)26-9-11-28(12-10-26)30-19-32(41-21-30)35-7-5-17-48(35)39(51)33(45-40(52)53-4)20-31-22-43-47-46-31/h9-16,21-25,33,35-36H,5-8,17-20H2,1-4H3,(H,42,44)(H,45,52)(H,43,46,47)/t25-,33-,35-,36-/m0/s1. The molecule has 53 heavy (non-hydrogen) atoms. The van der Waals surface area contributed by atoms with E-state index in [1.807, 2.05) is 29.1 Å². The smallest absolute Gasteiger partial charge is 0.407 e. The second-order valence-electron chi connectivity index (χ2n) is 14.6. The number of carbonyl (C=O) groups excluding carboxylic acids is 3. The number of nitrogens with one attached hydrogen (secondary N) is 3. The van der Waals surface area contributed by atoms with E-state index in [-0.39, 0.29) is 36.2 Å². The Hall–Kier alpha value is -5.59. The summed E-state index contributed by atoms with van der Waals surface area (Å²) in [5.41, 5.74) is 7.90. The van der Waals surface area contributed by atoms with Gasteiger partial charge in [-0.2, -0.15) is 15.4 Å². The number of ether oxygens (including phenoxy) is 1. The lowest BCUT2D eigenvalue weighted by molar-refractivity contribution is -0.137. The third-order valence-electron chi connectivity index (χ3n) is 11.0. The summed E-state index contributed by atoms with van der Waals surface area (Å²) in [5.74, 6) is 1.16. The molecule has 2 aromatic carbocycles. The van der Waals surface area contributed by atoms with Crippen LogP contribution in [0.5, 0.6) is 0 Å². The van der Waals surface area contributed by atoms with Crippen molar-refractivity contribution in [3.8, 4) is 22.4 Å². The van der Waals surface area contributed by atoms with Gasteiger partial charge in [-0.05, 0) is 59.4 Å². The van der Waals surface area contributed by atoms with Crippen molar-refractivity contribution in [2.45, 2.75) is 77.4 Å². The number of aromatic amines is 2. The van der Waals surface area contributed by atoms with E-state index in [1.165, 1.54) is 7.11 Å². The molecule has 13 nitrogen and oxygen atoms in total. The van der Waals surface area contributed by atoms with E-state index in [1.54, 1.807) is 6.20 Å². The van der Waals surface area contributed by atoms with Gasteiger partial charge in [0.15, 0.2) is 0 Å². The third kappa shape index (κ3) is 7.65. The molecule has 2 saturated heterocycles. The molecule has 0 aliphatic carbocycles. The Labute approximate surface area is 309 Å². The first-order valence-electron chi connectivity index (χ1n) is 18.5. The summed E-state index contributed by atoms with van der Waals surface area (Å²) < 4.78 is 4.79. The highest BCUT2D eigenvalue weighted by atomic mass is 16.5. The molecule has 0 unspecified atom stereocenters. The molecule has 0 saturated carbocycles. The number of aromatic nitrogens is 5. The van der Waals surface area contributed by atoms with Gasteiger partial charge in [0.25, 0.3) is 0 Å². The summed E-state index contributed by atoms with van der Waals surface area (Å²) in [5, 5.41) is 13.1. The molecule has 3 aliphatic rings. The maximum Gasteiger partial charge on any atom is 0.407 e. The van der Waals surface area contributed by atoms with Crippen molar-refractivity contribution in [3.63, 3.8) is 0 Å². The molecule has 276 valence electrons. The zero-order valence-corrected chi connectivity index (χ0v) is 30.7. The topological polar surface area (TPSA) is 162 Å². The maximum absolute atomic E-state index is 13.8. The van der Waals surface area contributed by atoms with Crippen LogP contribution in [0, 0.1) is 11.8 Å². The molecule has 4 atom stereocenters. The Morgan fingerprint density at radius 1 is 0.868 bits per heavy atom. The maximum atomic E-state index is 13.8. The van der Waals surface area contributed by atoms with Gasteiger partial charge < -0.3 is 24.8 Å². The molecule has 3 aliphatic heterocycles. The first-order chi connectivity index (χ1) is 25.7. The van der Waals surface area contributed by atoms with Crippen LogP contribution in [0.1, 0.15) is 76.0 Å². The number of methoxy groups -OCH3 is 1. The number of carbonyl (C=O) groups is 3. The van der Waals surface area contributed by atoms with Gasteiger partial charge >= 0.3 is 6.09 Å². The summed E-state index contributed by atoms with van der Waals surface area (Å²) >= 11 is 0. The quantitative estimate of drug-likeness (QED) is 0.173. The molecule has 2 aromatic heterocycles. The van der Waals surface area contributed by atoms with Crippen molar-refractivity contribution in [2.24, 2.45) is 16.8 Å². The van der Waals surface area contributed by atoms with Crippen LogP contribution in [0.2, 0.25) is 0 Å².